The van der Waals surface area contributed by atoms with E-state index in [1.54, 1.807) is 0 Å². The lowest BCUT2D eigenvalue weighted by atomic mass is 9.77. The first kappa shape index (κ1) is 13.5. The van der Waals surface area contributed by atoms with Crippen LogP contribution in [0.3, 0.4) is 0 Å². The lowest BCUT2D eigenvalue weighted by Crippen LogP contribution is -2.35. The molecule has 0 atom stereocenters. The molecule has 1 aromatic rings. The van der Waals surface area contributed by atoms with Crippen LogP contribution >= 0.6 is 0 Å². The maximum atomic E-state index is 11.9. The van der Waals surface area contributed by atoms with Crippen LogP contribution in [-0.2, 0) is 9.59 Å². The van der Waals surface area contributed by atoms with Crippen LogP contribution in [-0.4, -0.2) is 32.2 Å². The van der Waals surface area contributed by atoms with Crippen molar-refractivity contribution >= 4 is 17.8 Å². The lowest BCUT2D eigenvalue weighted by molar-refractivity contribution is -0.152. The molecular weight excluding hydrogens is 248 g/mol. The molecule has 2 rings (SSSR count). The van der Waals surface area contributed by atoms with Gasteiger partial charge in [0.25, 0.3) is 0 Å². The number of carbonyl (C=O) groups excluding carboxylic acids is 1. The van der Waals surface area contributed by atoms with Crippen LogP contribution in [0.4, 0.5) is 5.95 Å². The highest BCUT2D eigenvalue weighted by Crippen LogP contribution is 2.38. The van der Waals surface area contributed by atoms with Crippen molar-refractivity contribution in [3.63, 3.8) is 0 Å². The molecule has 0 saturated heterocycles. The Balaban J connectivity index is 2.03. The van der Waals surface area contributed by atoms with Gasteiger partial charge in [-0.3, -0.25) is 14.9 Å². The van der Waals surface area contributed by atoms with E-state index in [4.69, 9.17) is 0 Å². The number of H-pyrrole nitrogens is 1. The highest BCUT2D eigenvalue weighted by molar-refractivity contribution is 5.92. The molecule has 1 aliphatic carbocycles. The molecule has 3 N–H and O–H groups in total. The number of nitrogens with one attached hydrogen (secondary N) is 2. The summed E-state index contributed by atoms with van der Waals surface area (Å²) in [5.74, 6) is -0.956. The van der Waals surface area contributed by atoms with Gasteiger partial charge in [0.15, 0.2) is 0 Å². The molecule has 1 aromatic heterocycles. The van der Waals surface area contributed by atoms with Crippen molar-refractivity contribution in [2.75, 3.05) is 5.32 Å². The van der Waals surface area contributed by atoms with Gasteiger partial charge >= 0.3 is 5.97 Å². The molecule has 0 spiro atoms. The average molecular weight is 266 g/mol. The molecule has 7 heteroatoms. The third-order valence-corrected chi connectivity index (χ3v) is 3.69. The maximum absolute atomic E-state index is 11.9. The van der Waals surface area contributed by atoms with Crippen molar-refractivity contribution in [1.29, 1.82) is 0 Å². The Labute approximate surface area is 110 Å². The quantitative estimate of drug-likeness (QED) is 0.717. The number of amides is 1. The SMILES string of the molecule is O=C(CC1(C(=O)O)CCCCCC1)Nc1ncn[nH]1. The van der Waals surface area contributed by atoms with Crippen molar-refractivity contribution in [3.8, 4) is 0 Å². The predicted molar refractivity (Wildman–Crippen MR) is 67.4 cm³/mol. The van der Waals surface area contributed by atoms with Gasteiger partial charge in [0.1, 0.15) is 6.33 Å². The Bertz CT molecular complexity index is 436. The molecule has 1 fully saturated rings. The van der Waals surface area contributed by atoms with Crippen LogP contribution in [0.25, 0.3) is 0 Å². The van der Waals surface area contributed by atoms with E-state index >= 15 is 0 Å². The molecule has 19 heavy (non-hydrogen) atoms. The van der Waals surface area contributed by atoms with Gasteiger partial charge in [0.05, 0.1) is 5.41 Å². The number of rotatable bonds is 4. The number of carboxylic acid groups (broad SMARTS) is 1. The third-order valence-electron chi connectivity index (χ3n) is 3.69. The average Bonchev–Trinajstić information content (AvgIpc) is 2.73. The Morgan fingerprint density at radius 2 is 2.00 bits per heavy atom. The first-order chi connectivity index (χ1) is 9.12. The molecule has 1 aliphatic rings. The molecule has 1 amide bonds. The predicted octanol–water partition coefficient (Wildman–Crippen LogP) is 1.56. The van der Waals surface area contributed by atoms with E-state index in [9.17, 15) is 14.7 Å². The topological polar surface area (TPSA) is 108 Å². The second kappa shape index (κ2) is 5.81. The fraction of sp³-hybridized carbons (Fsp3) is 0.667. The molecule has 1 saturated carbocycles. The van der Waals surface area contributed by atoms with E-state index in [1.165, 1.54) is 6.33 Å². The van der Waals surface area contributed by atoms with Gasteiger partial charge in [-0.15, -0.1) is 0 Å². The van der Waals surface area contributed by atoms with Gasteiger partial charge in [-0.05, 0) is 12.8 Å². The van der Waals surface area contributed by atoms with Gasteiger partial charge in [0, 0.05) is 6.42 Å². The molecule has 0 aliphatic heterocycles. The van der Waals surface area contributed by atoms with Crippen LogP contribution in [0.2, 0.25) is 0 Å². The summed E-state index contributed by atoms with van der Waals surface area (Å²) < 4.78 is 0. The molecule has 1 heterocycles. The van der Waals surface area contributed by atoms with Gasteiger partial charge < -0.3 is 5.11 Å². The fourth-order valence-electron chi connectivity index (χ4n) is 2.62. The van der Waals surface area contributed by atoms with Gasteiger partial charge in [-0.2, -0.15) is 10.1 Å². The summed E-state index contributed by atoms with van der Waals surface area (Å²) in [4.78, 5) is 27.3. The normalized spacial score (nSPS) is 18.5. The number of aromatic nitrogens is 3. The molecule has 0 bridgehead atoms. The van der Waals surface area contributed by atoms with E-state index in [-0.39, 0.29) is 18.3 Å². The van der Waals surface area contributed by atoms with Crippen LogP contribution < -0.4 is 5.32 Å². The van der Waals surface area contributed by atoms with Crippen molar-refractivity contribution in [3.05, 3.63) is 6.33 Å². The zero-order valence-corrected chi connectivity index (χ0v) is 10.7. The largest absolute Gasteiger partial charge is 0.481 e. The van der Waals surface area contributed by atoms with Crippen molar-refractivity contribution in [2.24, 2.45) is 5.41 Å². The lowest BCUT2D eigenvalue weighted by Gasteiger charge is -2.27. The number of hydrogen-bond acceptors (Lipinski definition) is 4. The number of aromatic amines is 1. The van der Waals surface area contributed by atoms with Gasteiger partial charge in [-0.1, -0.05) is 25.7 Å². The van der Waals surface area contributed by atoms with E-state index in [1.807, 2.05) is 0 Å². The Morgan fingerprint density at radius 1 is 1.32 bits per heavy atom. The molecule has 0 radical (unpaired) electrons. The molecular formula is C12H18N4O3. The van der Waals surface area contributed by atoms with Crippen molar-refractivity contribution < 1.29 is 14.7 Å². The number of aliphatic carboxylic acids is 1. The minimum Gasteiger partial charge on any atom is -0.481 e. The minimum absolute atomic E-state index is 0.0109. The molecule has 0 aromatic carbocycles. The number of carboxylic acids is 1. The van der Waals surface area contributed by atoms with E-state index < -0.39 is 11.4 Å². The van der Waals surface area contributed by atoms with Gasteiger partial charge in [0.2, 0.25) is 11.9 Å². The first-order valence-corrected chi connectivity index (χ1v) is 6.51. The first-order valence-electron chi connectivity index (χ1n) is 6.51. The second-order valence-electron chi connectivity index (χ2n) is 5.06. The number of nitrogens with zero attached hydrogens (tertiary/aromatic N) is 2. The van der Waals surface area contributed by atoms with Crippen LogP contribution in [0.5, 0.6) is 0 Å². The summed E-state index contributed by atoms with van der Waals surface area (Å²) in [6, 6.07) is 0. The summed E-state index contributed by atoms with van der Waals surface area (Å²) in [6.45, 7) is 0. The Kier molecular flexibility index (Phi) is 4.13. The summed E-state index contributed by atoms with van der Waals surface area (Å²) >= 11 is 0. The molecule has 104 valence electrons. The van der Waals surface area contributed by atoms with E-state index in [0.29, 0.717) is 12.8 Å². The third kappa shape index (κ3) is 3.30. The standard InChI is InChI=1S/C12H18N4O3/c17-9(15-11-13-8-14-16-11)7-12(10(18)19)5-3-1-2-4-6-12/h8H,1-7H2,(H,18,19)(H2,13,14,15,16,17). The van der Waals surface area contributed by atoms with E-state index in [0.717, 1.165) is 25.7 Å². The van der Waals surface area contributed by atoms with Crippen LogP contribution in [0.15, 0.2) is 6.33 Å². The van der Waals surface area contributed by atoms with Crippen LogP contribution in [0.1, 0.15) is 44.9 Å². The highest BCUT2D eigenvalue weighted by Gasteiger charge is 2.40. The summed E-state index contributed by atoms with van der Waals surface area (Å²) in [7, 11) is 0. The number of anilines is 1. The maximum Gasteiger partial charge on any atom is 0.310 e. The van der Waals surface area contributed by atoms with Gasteiger partial charge in [-0.25, -0.2) is 5.10 Å². The van der Waals surface area contributed by atoms with Crippen LogP contribution in [0, 0.1) is 5.41 Å². The molecule has 0 unspecified atom stereocenters. The smallest absolute Gasteiger partial charge is 0.310 e. The summed E-state index contributed by atoms with van der Waals surface area (Å²) in [6.07, 6.45) is 6.21. The van der Waals surface area contributed by atoms with Crippen molar-refractivity contribution in [1.82, 2.24) is 15.2 Å². The van der Waals surface area contributed by atoms with E-state index in [2.05, 4.69) is 20.5 Å². The zero-order valence-electron chi connectivity index (χ0n) is 10.7. The molecule has 7 nitrogen and oxygen atoms in total. The monoisotopic (exact) mass is 266 g/mol. The minimum atomic E-state index is -0.930. The Morgan fingerprint density at radius 3 is 2.53 bits per heavy atom. The Hall–Kier alpha value is -1.92. The number of carbonyl (C=O) groups is 2. The zero-order chi connectivity index (χ0) is 13.7. The highest BCUT2D eigenvalue weighted by atomic mass is 16.4. The second-order valence-corrected chi connectivity index (χ2v) is 5.06. The summed E-state index contributed by atoms with van der Waals surface area (Å²) in [5, 5.41) is 18.2. The summed E-state index contributed by atoms with van der Waals surface area (Å²) in [5.41, 5.74) is -0.930. The fourth-order valence-corrected chi connectivity index (χ4v) is 2.62. The van der Waals surface area contributed by atoms with Crippen molar-refractivity contribution in [2.45, 2.75) is 44.9 Å². The number of hydrogen-bond donors (Lipinski definition) is 3.